The van der Waals surface area contributed by atoms with Crippen LogP contribution in [0.25, 0.3) is 0 Å². The van der Waals surface area contributed by atoms with E-state index >= 15 is 0 Å². The molecule has 0 radical (unpaired) electrons. The van der Waals surface area contributed by atoms with Crippen LogP contribution < -0.4 is 9.62 Å². The average Bonchev–Trinajstić information content (AvgIpc) is 2.98. The van der Waals surface area contributed by atoms with Gasteiger partial charge in [0.15, 0.2) is 0 Å². The molecule has 7 nitrogen and oxygen atoms in total. The standard InChI is InChI=1S/C33H40ClN3O4S/c1-4-31(33(39)35-28-12-6-5-7-13-28)36(22-26-11-9-8-10-25(26)3)32(38)23-37(29-18-16-27(34)17-19-29)42(40,41)30-20-14-24(2)15-21-30/h8-11,14-21,28,31H,4-7,12-13,22-23H2,1-3H3,(H,35,39)/t31-/m1/s1. The fourth-order valence-corrected chi connectivity index (χ4v) is 6.95. The Morgan fingerprint density at radius 2 is 1.57 bits per heavy atom. The van der Waals surface area contributed by atoms with Crippen molar-refractivity contribution in [2.45, 2.75) is 82.8 Å². The fraction of sp³-hybridized carbons (Fsp3) is 0.394. The summed E-state index contributed by atoms with van der Waals surface area (Å²) in [5.74, 6) is -0.666. The Bertz CT molecular complexity index is 1470. The maximum atomic E-state index is 14.3. The molecule has 0 heterocycles. The second-order valence-electron chi connectivity index (χ2n) is 11.0. The predicted molar refractivity (Wildman–Crippen MR) is 168 cm³/mol. The summed E-state index contributed by atoms with van der Waals surface area (Å²) in [7, 11) is -4.13. The van der Waals surface area contributed by atoms with Gasteiger partial charge in [-0.1, -0.05) is 79.7 Å². The van der Waals surface area contributed by atoms with E-state index in [9.17, 15) is 18.0 Å². The summed E-state index contributed by atoms with van der Waals surface area (Å²) in [5, 5.41) is 3.63. The molecule has 0 saturated heterocycles. The molecule has 224 valence electrons. The highest BCUT2D eigenvalue weighted by Crippen LogP contribution is 2.27. The maximum Gasteiger partial charge on any atom is 0.264 e. The van der Waals surface area contributed by atoms with E-state index in [2.05, 4.69) is 5.32 Å². The van der Waals surface area contributed by atoms with Gasteiger partial charge in [-0.15, -0.1) is 0 Å². The Labute approximate surface area is 254 Å². The quantitative estimate of drug-likeness (QED) is 0.272. The summed E-state index contributed by atoms with van der Waals surface area (Å²) in [5.41, 5.74) is 3.11. The Kier molecular flexibility index (Phi) is 10.7. The largest absolute Gasteiger partial charge is 0.352 e. The van der Waals surface area contributed by atoms with Crippen molar-refractivity contribution in [3.63, 3.8) is 0 Å². The van der Waals surface area contributed by atoms with Gasteiger partial charge in [-0.3, -0.25) is 13.9 Å². The van der Waals surface area contributed by atoms with E-state index in [1.54, 1.807) is 36.4 Å². The van der Waals surface area contributed by atoms with Crippen LogP contribution in [0.5, 0.6) is 0 Å². The van der Waals surface area contributed by atoms with E-state index in [0.29, 0.717) is 17.1 Å². The molecule has 0 aromatic heterocycles. The number of carbonyl (C=O) groups is 2. The van der Waals surface area contributed by atoms with E-state index in [4.69, 9.17) is 11.6 Å². The van der Waals surface area contributed by atoms with E-state index < -0.39 is 28.5 Å². The molecule has 3 aromatic carbocycles. The highest BCUT2D eigenvalue weighted by molar-refractivity contribution is 7.92. The molecule has 3 aromatic rings. The van der Waals surface area contributed by atoms with Crippen LogP contribution in [0, 0.1) is 13.8 Å². The summed E-state index contributed by atoms with van der Waals surface area (Å²) >= 11 is 6.11. The van der Waals surface area contributed by atoms with Gasteiger partial charge in [0.1, 0.15) is 12.6 Å². The first-order valence-corrected chi connectivity index (χ1v) is 16.4. The lowest BCUT2D eigenvalue weighted by molar-refractivity contribution is -0.140. The van der Waals surface area contributed by atoms with Gasteiger partial charge in [0.25, 0.3) is 10.0 Å². The molecule has 42 heavy (non-hydrogen) atoms. The van der Waals surface area contributed by atoms with Gasteiger partial charge in [-0.05, 0) is 80.6 Å². The van der Waals surface area contributed by atoms with Crippen molar-refractivity contribution < 1.29 is 18.0 Å². The summed E-state index contributed by atoms with van der Waals surface area (Å²) in [6, 6.07) is 19.9. The number of carbonyl (C=O) groups excluding carboxylic acids is 2. The monoisotopic (exact) mass is 609 g/mol. The molecule has 1 saturated carbocycles. The third-order valence-corrected chi connectivity index (χ3v) is 9.98. The Hall–Kier alpha value is -3.36. The molecule has 2 amide bonds. The second-order valence-corrected chi connectivity index (χ2v) is 13.3. The maximum absolute atomic E-state index is 14.3. The molecule has 1 N–H and O–H groups in total. The van der Waals surface area contributed by atoms with Crippen molar-refractivity contribution in [1.82, 2.24) is 10.2 Å². The lowest BCUT2D eigenvalue weighted by Gasteiger charge is -2.34. The zero-order valence-corrected chi connectivity index (χ0v) is 26.1. The van der Waals surface area contributed by atoms with Crippen molar-refractivity contribution in [1.29, 1.82) is 0 Å². The van der Waals surface area contributed by atoms with E-state index in [0.717, 1.165) is 53.1 Å². The zero-order chi connectivity index (χ0) is 30.3. The SMILES string of the molecule is CC[C@H](C(=O)NC1CCCCC1)N(Cc1ccccc1C)C(=O)CN(c1ccc(Cl)cc1)S(=O)(=O)c1ccc(C)cc1. The minimum Gasteiger partial charge on any atom is -0.352 e. The molecule has 0 spiro atoms. The number of halogens is 1. The number of amides is 2. The first kappa shape index (κ1) is 31.6. The number of rotatable bonds is 11. The Balaban J connectivity index is 1.71. The van der Waals surface area contributed by atoms with Crippen LogP contribution in [0.4, 0.5) is 5.69 Å². The molecule has 9 heteroatoms. The van der Waals surface area contributed by atoms with Crippen LogP contribution in [0.15, 0.2) is 77.7 Å². The van der Waals surface area contributed by atoms with Crippen LogP contribution in [-0.2, 0) is 26.2 Å². The van der Waals surface area contributed by atoms with Crippen molar-refractivity contribution in [2.24, 2.45) is 0 Å². The normalized spacial score (nSPS) is 14.7. The van der Waals surface area contributed by atoms with Gasteiger partial charge >= 0.3 is 0 Å². The lowest BCUT2D eigenvalue weighted by atomic mass is 9.95. The summed E-state index contributed by atoms with van der Waals surface area (Å²) in [6.45, 7) is 5.42. The molecule has 0 aliphatic heterocycles. The van der Waals surface area contributed by atoms with E-state index in [1.165, 1.54) is 17.0 Å². The fourth-order valence-electron chi connectivity index (χ4n) is 5.41. The average molecular weight is 610 g/mol. The Morgan fingerprint density at radius 3 is 2.19 bits per heavy atom. The first-order chi connectivity index (χ1) is 20.1. The molecule has 0 bridgehead atoms. The van der Waals surface area contributed by atoms with Crippen molar-refractivity contribution in [2.75, 3.05) is 10.8 Å². The molecular formula is C33H40ClN3O4S. The molecule has 1 aliphatic rings. The number of hydrogen-bond donors (Lipinski definition) is 1. The molecular weight excluding hydrogens is 570 g/mol. The second kappa shape index (κ2) is 14.2. The zero-order valence-electron chi connectivity index (χ0n) is 24.6. The number of aryl methyl sites for hydroxylation is 2. The first-order valence-electron chi connectivity index (χ1n) is 14.6. The molecule has 0 unspecified atom stereocenters. The molecule has 1 aliphatic carbocycles. The number of nitrogens with zero attached hydrogens (tertiary/aromatic N) is 2. The van der Waals surface area contributed by atoms with Crippen molar-refractivity contribution in [3.05, 3.63) is 94.5 Å². The molecule has 4 rings (SSSR count). The van der Waals surface area contributed by atoms with Crippen LogP contribution in [0.2, 0.25) is 5.02 Å². The minimum absolute atomic E-state index is 0.0726. The van der Waals surface area contributed by atoms with E-state index in [-0.39, 0.29) is 23.4 Å². The highest BCUT2D eigenvalue weighted by atomic mass is 35.5. The number of nitrogens with one attached hydrogen (secondary N) is 1. The third-order valence-electron chi connectivity index (χ3n) is 7.94. The van der Waals surface area contributed by atoms with Gasteiger partial charge in [-0.2, -0.15) is 0 Å². The van der Waals surface area contributed by atoms with Crippen LogP contribution in [0.3, 0.4) is 0 Å². The topological polar surface area (TPSA) is 86.8 Å². The highest BCUT2D eigenvalue weighted by Gasteiger charge is 2.34. The van der Waals surface area contributed by atoms with Gasteiger partial charge < -0.3 is 10.2 Å². The van der Waals surface area contributed by atoms with Crippen LogP contribution in [0.1, 0.15) is 62.1 Å². The van der Waals surface area contributed by atoms with Crippen molar-refractivity contribution in [3.8, 4) is 0 Å². The molecule has 1 atom stereocenters. The smallest absolute Gasteiger partial charge is 0.264 e. The van der Waals surface area contributed by atoms with Gasteiger partial charge in [-0.25, -0.2) is 8.42 Å². The Morgan fingerprint density at radius 1 is 0.929 bits per heavy atom. The summed E-state index contributed by atoms with van der Waals surface area (Å²) in [4.78, 5) is 29.5. The molecule has 1 fully saturated rings. The number of benzene rings is 3. The van der Waals surface area contributed by atoms with Crippen LogP contribution >= 0.6 is 11.6 Å². The van der Waals surface area contributed by atoms with Gasteiger partial charge in [0.05, 0.1) is 10.6 Å². The number of anilines is 1. The number of hydrogen-bond acceptors (Lipinski definition) is 4. The minimum atomic E-state index is -4.13. The predicted octanol–water partition coefficient (Wildman–Crippen LogP) is 6.41. The summed E-state index contributed by atoms with van der Waals surface area (Å²) < 4.78 is 29.1. The van der Waals surface area contributed by atoms with E-state index in [1.807, 2.05) is 45.0 Å². The lowest BCUT2D eigenvalue weighted by Crippen LogP contribution is -2.54. The van der Waals surface area contributed by atoms with Gasteiger partial charge in [0, 0.05) is 17.6 Å². The van der Waals surface area contributed by atoms with Crippen molar-refractivity contribution >= 4 is 39.1 Å². The van der Waals surface area contributed by atoms with Crippen LogP contribution in [-0.4, -0.2) is 43.8 Å². The van der Waals surface area contributed by atoms with Gasteiger partial charge in [0.2, 0.25) is 11.8 Å². The third kappa shape index (κ3) is 7.72. The number of sulfonamides is 1. The summed E-state index contributed by atoms with van der Waals surface area (Å²) in [6.07, 6.45) is 5.54.